The van der Waals surface area contributed by atoms with Crippen LogP contribution < -0.4 is 5.32 Å². The van der Waals surface area contributed by atoms with E-state index in [-0.39, 0.29) is 0 Å². The molecule has 0 aliphatic carbocycles. The summed E-state index contributed by atoms with van der Waals surface area (Å²) in [5, 5.41) is 3.28. The summed E-state index contributed by atoms with van der Waals surface area (Å²) in [4.78, 5) is 13.4. The fourth-order valence-corrected chi connectivity index (χ4v) is 1.89. The Bertz CT molecular complexity index is 572. The molecule has 0 unspecified atom stereocenters. The van der Waals surface area contributed by atoms with E-state index in [1.54, 1.807) is 13.3 Å². The Morgan fingerprint density at radius 1 is 1.20 bits per heavy atom. The fourth-order valence-electron chi connectivity index (χ4n) is 1.89. The topological polar surface area (TPSA) is 59.9 Å². The van der Waals surface area contributed by atoms with Crippen molar-refractivity contribution in [2.24, 2.45) is 0 Å². The zero-order chi connectivity index (χ0) is 14.4. The monoisotopic (exact) mass is 272 g/mol. The summed E-state index contributed by atoms with van der Waals surface area (Å²) in [6.45, 7) is 6.20. The molecular weight excluding hydrogens is 252 g/mol. The number of ether oxygens (including phenoxy) is 1. The number of nitrogens with zero attached hydrogens (tertiary/aromatic N) is 3. The predicted molar refractivity (Wildman–Crippen MR) is 78.3 cm³/mol. The highest BCUT2D eigenvalue weighted by atomic mass is 16.5. The van der Waals surface area contributed by atoms with Crippen molar-refractivity contribution in [2.75, 3.05) is 20.3 Å². The average molecular weight is 272 g/mol. The highest BCUT2D eigenvalue weighted by molar-refractivity contribution is 5.50. The van der Waals surface area contributed by atoms with E-state index in [0.29, 0.717) is 19.0 Å². The van der Waals surface area contributed by atoms with E-state index < -0.39 is 0 Å². The van der Waals surface area contributed by atoms with Crippen LogP contribution in [0.2, 0.25) is 0 Å². The van der Waals surface area contributed by atoms with Gasteiger partial charge in [-0.1, -0.05) is 0 Å². The predicted octanol–water partition coefficient (Wildman–Crippen LogP) is 1.89. The SMILES string of the molecule is COCCNCc1cc(C)nc(-c2cc(C)ccn2)n1. The molecule has 5 heteroatoms. The number of methoxy groups -OCH3 is 1. The van der Waals surface area contributed by atoms with Gasteiger partial charge in [0, 0.05) is 32.1 Å². The van der Waals surface area contributed by atoms with Gasteiger partial charge < -0.3 is 10.1 Å². The molecule has 0 aliphatic heterocycles. The maximum absolute atomic E-state index is 5.00. The first kappa shape index (κ1) is 14.6. The van der Waals surface area contributed by atoms with Crippen LogP contribution >= 0.6 is 0 Å². The molecule has 20 heavy (non-hydrogen) atoms. The van der Waals surface area contributed by atoms with Crippen molar-refractivity contribution in [3.63, 3.8) is 0 Å². The maximum atomic E-state index is 5.00. The first-order valence-corrected chi connectivity index (χ1v) is 6.66. The Labute approximate surface area is 119 Å². The van der Waals surface area contributed by atoms with Gasteiger partial charge in [-0.2, -0.15) is 0 Å². The molecule has 0 amide bonds. The summed E-state index contributed by atoms with van der Waals surface area (Å²) in [7, 11) is 1.69. The third-order valence-corrected chi connectivity index (χ3v) is 2.84. The van der Waals surface area contributed by atoms with Crippen LogP contribution in [0.25, 0.3) is 11.5 Å². The van der Waals surface area contributed by atoms with Crippen molar-refractivity contribution in [3.05, 3.63) is 41.3 Å². The van der Waals surface area contributed by atoms with Gasteiger partial charge in [-0.15, -0.1) is 0 Å². The number of aryl methyl sites for hydroxylation is 2. The molecule has 0 saturated carbocycles. The summed E-state index contributed by atoms with van der Waals surface area (Å²) < 4.78 is 5.00. The number of nitrogens with one attached hydrogen (secondary N) is 1. The average Bonchev–Trinajstić information content (AvgIpc) is 2.43. The molecule has 0 aliphatic rings. The second kappa shape index (κ2) is 7.07. The van der Waals surface area contributed by atoms with Crippen molar-refractivity contribution in [1.29, 1.82) is 0 Å². The first-order valence-electron chi connectivity index (χ1n) is 6.66. The molecule has 0 spiro atoms. The van der Waals surface area contributed by atoms with E-state index in [1.807, 2.05) is 32.0 Å². The van der Waals surface area contributed by atoms with E-state index in [2.05, 4.69) is 20.3 Å². The zero-order valence-corrected chi connectivity index (χ0v) is 12.2. The summed E-state index contributed by atoms with van der Waals surface area (Å²) in [6.07, 6.45) is 1.78. The molecule has 0 atom stereocenters. The van der Waals surface area contributed by atoms with Crippen LogP contribution in [0.5, 0.6) is 0 Å². The second-order valence-corrected chi connectivity index (χ2v) is 4.71. The molecule has 2 aromatic rings. The Balaban J connectivity index is 2.16. The molecule has 2 rings (SSSR count). The Hall–Kier alpha value is -1.85. The highest BCUT2D eigenvalue weighted by Gasteiger charge is 2.06. The van der Waals surface area contributed by atoms with Crippen molar-refractivity contribution in [3.8, 4) is 11.5 Å². The first-order chi connectivity index (χ1) is 9.69. The molecule has 2 heterocycles. The molecule has 0 radical (unpaired) electrons. The zero-order valence-electron chi connectivity index (χ0n) is 12.2. The normalized spacial score (nSPS) is 10.8. The van der Waals surface area contributed by atoms with Crippen molar-refractivity contribution in [1.82, 2.24) is 20.3 Å². The molecule has 0 aromatic carbocycles. The lowest BCUT2D eigenvalue weighted by atomic mass is 10.2. The summed E-state index contributed by atoms with van der Waals surface area (Å²) >= 11 is 0. The third-order valence-electron chi connectivity index (χ3n) is 2.84. The number of aromatic nitrogens is 3. The summed E-state index contributed by atoms with van der Waals surface area (Å²) in [5.41, 5.74) is 3.88. The van der Waals surface area contributed by atoms with Gasteiger partial charge in [-0.3, -0.25) is 4.98 Å². The molecule has 0 bridgehead atoms. The molecule has 1 N–H and O–H groups in total. The van der Waals surface area contributed by atoms with E-state index >= 15 is 0 Å². The minimum Gasteiger partial charge on any atom is -0.383 e. The summed E-state index contributed by atoms with van der Waals surface area (Å²) in [5.74, 6) is 0.678. The van der Waals surface area contributed by atoms with Crippen LogP contribution in [0.1, 0.15) is 17.0 Å². The molecule has 0 saturated heterocycles. The van der Waals surface area contributed by atoms with E-state index in [1.165, 1.54) is 0 Å². The van der Waals surface area contributed by atoms with Gasteiger partial charge in [0.2, 0.25) is 0 Å². The molecule has 106 valence electrons. The van der Waals surface area contributed by atoms with Gasteiger partial charge in [0.05, 0.1) is 12.3 Å². The van der Waals surface area contributed by atoms with Crippen LogP contribution in [0.3, 0.4) is 0 Å². The fraction of sp³-hybridized carbons (Fsp3) is 0.400. The lowest BCUT2D eigenvalue weighted by molar-refractivity contribution is 0.199. The van der Waals surface area contributed by atoms with Gasteiger partial charge >= 0.3 is 0 Å². The van der Waals surface area contributed by atoms with Crippen molar-refractivity contribution >= 4 is 0 Å². The van der Waals surface area contributed by atoms with Crippen LogP contribution in [-0.4, -0.2) is 35.2 Å². The number of hydrogen-bond acceptors (Lipinski definition) is 5. The lowest BCUT2D eigenvalue weighted by Crippen LogP contribution is -2.19. The highest BCUT2D eigenvalue weighted by Crippen LogP contribution is 2.14. The van der Waals surface area contributed by atoms with E-state index in [9.17, 15) is 0 Å². The quantitative estimate of drug-likeness (QED) is 0.814. The second-order valence-electron chi connectivity index (χ2n) is 4.71. The smallest absolute Gasteiger partial charge is 0.178 e. The van der Waals surface area contributed by atoms with Crippen LogP contribution in [0, 0.1) is 13.8 Å². The molecular formula is C15H20N4O. The Kier molecular flexibility index (Phi) is 5.15. The Morgan fingerprint density at radius 3 is 2.80 bits per heavy atom. The molecule has 5 nitrogen and oxygen atoms in total. The van der Waals surface area contributed by atoms with Gasteiger partial charge in [-0.05, 0) is 37.6 Å². The van der Waals surface area contributed by atoms with E-state index in [4.69, 9.17) is 4.74 Å². The molecule has 0 fully saturated rings. The number of rotatable bonds is 6. The van der Waals surface area contributed by atoms with Gasteiger partial charge in [-0.25, -0.2) is 9.97 Å². The largest absolute Gasteiger partial charge is 0.383 e. The Morgan fingerprint density at radius 2 is 2.05 bits per heavy atom. The van der Waals surface area contributed by atoms with E-state index in [0.717, 1.165) is 29.2 Å². The third kappa shape index (κ3) is 4.08. The lowest BCUT2D eigenvalue weighted by Gasteiger charge is -2.07. The minimum atomic E-state index is 0.678. The van der Waals surface area contributed by atoms with Gasteiger partial charge in [0.25, 0.3) is 0 Å². The van der Waals surface area contributed by atoms with Crippen LogP contribution in [0.4, 0.5) is 0 Å². The minimum absolute atomic E-state index is 0.678. The van der Waals surface area contributed by atoms with Gasteiger partial charge in [0.15, 0.2) is 5.82 Å². The number of pyridine rings is 1. The van der Waals surface area contributed by atoms with Crippen molar-refractivity contribution in [2.45, 2.75) is 20.4 Å². The summed E-state index contributed by atoms with van der Waals surface area (Å²) in [6, 6.07) is 5.95. The van der Waals surface area contributed by atoms with Crippen LogP contribution in [0.15, 0.2) is 24.4 Å². The number of hydrogen-bond donors (Lipinski definition) is 1. The standard InChI is InChI=1S/C15H20N4O/c1-11-4-5-17-14(8-11)15-18-12(2)9-13(19-15)10-16-6-7-20-3/h4-5,8-9,16H,6-7,10H2,1-3H3. The van der Waals surface area contributed by atoms with Crippen molar-refractivity contribution < 1.29 is 4.74 Å². The molecule has 2 aromatic heterocycles. The van der Waals surface area contributed by atoms with Crippen LogP contribution in [-0.2, 0) is 11.3 Å². The maximum Gasteiger partial charge on any atom is 0.178 e. The van der Waals surface area contributed by atoms with Gasteiger partial charge in [0.1, 0.15) is 5.69 Å².